The minimum absolute atomic E-state index is 0.0243. The number of aliphatic carboxylic acids is 1. The monoisotopic (exact) mass is 916 g/mol. The van der Waals surface area contributed by atoms with Crippen molar-refractivity contribution in [1.82, 2.24) is 21.3 Å². The Morgan fingerprint density at radius 1 is 0.517 bits per heavy atom. The lowest BCUT2D eigenvalue weighted by atomic mass is 10.0. The molecule has 0 bridgehead atoms. The summed E-state index contributed by atoms with van der Waals surface area (Å²) in [4.78, 5) is 69.5. The number of alkyl halides is 1. The maximum atomic E-state index is 12.1. The number of unbranched alkanes of at least 4 members (excludes halogenated alkanes) is 12. The topological polar surface area (TPSA) is 237 Å². The zero-order valence-corrected chi connectivity index (χ0v) is 36.7. The summed E-state index contributed by atoms with van der Waals surface area (Å²) in [7, 11) is 0. The van der Waals surface area contributed by atoms with Gasteiger partial charge in [-0.3, -0.25) is 19.2 Å². The molecule has 6 N–H and O–H groups in total. The third kappa shape index (κ3) is 32.9. The van der Waals surface area contributed by atoms with Crippen LogP contribution in [0.4, 0.5) is 0 Å². The van der Waals surface area contributed by atoms with Crippen LogP contribution in [0.2, 0.25) is 0 Å². The van der Waals surface area contributed by atoms with Crippen molar-refractivity contribution in [2.75, 3.05) is 84.4 Å². The largest absolute Gasteiger partial charge is 0.494 e. The maximum absolute atomic E-state index is 12.1. The van der Waals surface area contributed by atoms with Crippen LogP contribution in [0.1, 0.15) is 113 Å². The molecule has 0 aliphatic carbocycles. The molecule has 0 saturated carbocycles. The molecule has 18 heteroatoms. The van der Waals surface area contributed by atoms with Crippen molar-refractivity contribution >= 4 is 51.5 Å². The Kier molecular flexibility index (Phi) is 34.4. The number of carboxylic acid groups (broad SMARTS) is 2. The van der Waals surface area contributed by atoms with E-state index in [4.69, 9.17) is 28.8 Å². The van der Waals surface area contributed by atoms with E-state index in [1.807, 2.05) is 0 Å². The third-order valence-corrected chi connectivity index (χ3v) is 9.52. The van der Waals surface area contributed by atoms with Crippen LogP contribution in [-0.2, 0) is 42.9 Å². The number of ether oxygens (including phenoxy) is 5. The molecule has 4 amide bonds. The van der Waals surface area contributed by atoms with Gasteiger partial charge in [0.1, 0.15) is 25.0 Å². The van der Waals surface area contributed by atoms with Crippen molar-refractivity contribution < 1.29 is 62.7 Å². The van der Waals surface area contributed by atoms with Gasteiger partial charge in [0.05, 0.1) is 57.1 Å². The average Bonchev–Trinajstić information content (AvgIpc) is 3.23. The van der Waals surface area contributed by atoms with Crippen molar-refractivity contribution in [1.29, 1.82) is 0 Å². The Balaban J connectivity index is 1.81. The first-order valence-electron chi connectivity index (χ1n) is 21.3. The number of carboxylic acids is 2. The Bertz CT molecular complexity index is 1320. The summed E-state index contributed by atoms with van der Waals surface area (Å²) in [6.07, 6.45) is 15.7. The molecule has 0 fully saturated rings. The molecular weight excluding hydrogens is 848 g/mol. The van der Waals surface area contributed by atoms with E-state index in [9.17, 15) is 33.9 Å². The zero-order chi connectivity index (χ0) is 43.9. The van der Waals surface area contributed by atoms with E-state index >= 15 is 0 Å². The van der Waals surface area contributed by atoms with Gasteiger partial charge in [0.15, 0.2) is 0 Å². The third-order valence-electron chi connectivity index (χ3n) is 9.01. The molecule has 0 heterocycles. The van der Waals surface area contributed by atoms with Crippen LogP contribution in [0.3, 0.4) is 0 Å². The molecule has 1 rings (SSSR count). The number of halogens is 1. The molecule has 0 spiro atoms. The summed E-state index contributed by atoms with van der Waals surface area (Å²) in [6.45, 7) is 2.73. The number of hydrogen-bond acceptors (Lipinski definition) is 11. The van der Waals surface area contributed by atoms with E-state index in [0.717, 1.165) is 32.1 Å². The van der Waals surface area contributed by atoms with E-state index in [1.54, 1.807) is 24.3 Å². The van der Waals surface area contributed by atoms with E-state index < -0.39 is 23.9 Å². The van der Waals surface area contributed by atoms with Gasteiger partial charge in [-0.1, -0.05) is 80.1 Å². The number of hydrogen-bond donors (Lipinski definition) is 6. The van der Waals surface area contributed by atoms with Gasteiger partial charge < -0.3 is 55.2 Å². The normalized spacial score (nSPS) is 11.4. The van der Waals surface area contributed by atoms with Gasteiger partial charge in [-0.15, -0.1) is 0 Å². The number of benzene rings is 1. The quantitative estimate of drug-likeness (QED) is 0.0396. The fourth-order valence-electron chi connectivity index (χ4n) is 5.72. The summed E-state index contributed by atoms with van der Waals surface area (Å²) < 4.78 is 27.0. The molecule has 1 atom stereocenters. The highest BCUT2D eigenvalue weighted by Gasteiger charge is 2.19. The fraction of sp³-hybridized carbons (Fsp3) is 0.714. The van der Waals surface area contributed by atoms with Gasteiger partial charge in [0.2, 0.25) is 23.6 Å². The van der Waals surface area contributed by atoms with Gasteiger partial charge in [0.25, 0.3) is 0 Å². The van der Waals surface area contributed by atoms with Crippen LogP contribution in [0.5, 0.6) is 5.75 Å². The van der Waals surface area contributed by atoms with E-state index in [1.165, 1.54) is 44.9 Å². The standard InChI is InChI=1S/C42H69BrN4O13/c43-31-38(49)44-21-13-12-15-36(42(54)55)47-40(51)33-59-30-28-57-26-23-46-39(50)32-58-29-27-56-25-22-45-37(48)16-11-9-7-5-3-1-2-4-6-8-10-14-24-60-35-19-17-34(18-20-35)41(52)53/h17-20,36H,1-16,21-33H2,(H,44,49)(H,45,48)(H,46,50)(H,47,51)(H,52,53)(H,54,55)/t36-/m1/s1. The first-order valence-corrected chi connectivity index (χ1v) is 22.4. The highest BCUT2D eigenvalue weighted by atomic mass is 79.9. The summed E-state index contributed by atoms with van der Waals surface area (Å²) in [5.74, 6) is -2.35. The smallest absolute Gasteiger partial charge is 0.335 e. The molecule has 0 aromatic heterocycles. The first kappa shape index (κ1) is 54.2. The second-order valence-electron chi connectivity index (χ2n) is 14.1. The Morgan fingerprint density at radius 2 is 1.02 bits per heavy atom. The average molecular weight is 918 g/mol. The lowest BCUT2D eigenvalue weighted by molar-refractivity contribution is -0.142. The van der Waals surface area contributed by atoms with Gasteiger partial charge in [-0.25, -0.2) is 9.59 Å². The van der Waals surface area contributed by atoms with Crippen LogP contribution in [0, 0.1) is 0 Å². The molecular formula is C42H69BrN4O13. The number of amides is 4. The Morgan fingerprint density at radius 3 is 1.57 bits per heavy atom. The van der Waals surface area contributed by atoms with Crippen molar-refractivity contribution in [2.45, 2.75) is 109 Å². The molecule has 0 aliphatic heterocycles. The molecule has 0 aliphatic rings. The first-order chi connectivity index (χ1) is 29.1. The van der Waals surface area contributed by atoms with Crippen molar-refractivity contribution in [3.8, 4) is 5.75 Å². The van der Waals surface area contributed by atoms with Crippen molar-refractivity contribution in [3.05, 3.63) is 29.8 Å². The highest BCUT2D eigenvalue weighted by Crippen LogP contribution is 2.15. The van der Waals surface area contributed by atoms with Gasteiger partial charge >= 0.3 is 11.9 Å². The molecule has 0 saturated heterocycles. The minimum Gasteiger partial charge on any atom is -0.494 e. The maximum Gasteiger partial charge on any atom is 0.335 e. The number of nitrogens with one attached hydrogen (secondary N) is 4. The summed E-state index contributed by atoms with van der Waals surface area (Å²) in [6, 6.07) is 5.46. The van der Waals surface area contributed by atoms with Crippen LogP contribution in [0.15, 0.2) is 24.3 Å². The second kappa shape index (κ2) is 38.1. The number of aromatic carboxylic acids is 1. The molecule has 1 aromatic rings. The van der Waals surface area contributed by atoms with E-state index in [2.05, 4.69) is 37.2 Å². The van der Waals surface area contributed by atoms with E-state index in [-0.39, 0.29) is 81.2 Å². The Labute approximate surface area is 363 Å². The van der Waals surface area contributed by atoms with Crippen molar-refractivity contribution in [2.24, 2.45) is 0 Å². The molecule has 17 nitrogen and oxygen atoms in total. The summed E-state index contributed by atoms with van der Waals surface area (Å²) in [5, 5.41) is 29.1. The summed E-state index contributed by atoms with van der Waals surface area (Å²) >= 11 is 3.04. The van der Waals surface area contributed by atoms with Crippen LogP contribution < -0.4 is 26.0 Å². The SMILES string of the molecule is O=C(CBr)NCCCC[C@@H](NC(=O)COCCOCCNC(=O)COCCOCCNC(=O)CCCCCCCCCCCCCCOc1ccc(C(=O)O)cc1)C(=O)O. The van der Waals surface area contributed by atoms with Gasteiger partial charge in [-0.2, -0.15) is 0 Å². The summed E-state index contributed by atoms with van der Waals surface area (Å²) in [5.41, 5.74) is 0.261. The minimum atomic E-state index is -1.14. The Hall–Kier alpha value is -3.84. The van der Waals surface area contributed by atoms with Crippen LogP contribution in [-0.4, -0.2) is 136 Å². The van der Waals surface area contributed by atoms with Crippen molar-refractivity contribution in [3.63, 3.8) is 0 Å². The van der Waals surface area contributed by atoms with Crippen LogP contribution >= 0.6 is 15.9 Å². The number of carbonyl (C=O) groups excluding carboxylic acids is 4. The molecule has 0 unspecified atom stereocenters. The second-order valence-corrected chi connectivity index (χ2v) is 14.7. The predicted molar refractivity (Wildman–Crippen MR) is 228 cm³/mol. The number of rotatable bonds is 41. The predicted octanol–water partition coefficient (Wildman–Crippen LogP) is 4.38. The zero-order valence-electron chi connectivity index (χ0n) is 35.2. The van der Waals surface area contributed by atoms with Gasteiger partial charge in [0, 0.05) is 26.1 Å². The lowest BCUT2D eigenvalue weighted by Gasteiger charge is -2.14. The fourth-order valence-corrected chi connectivity index (χ4v) is 5.91. The molecule has 60 heavy (non-hydrogen) atoms. The van der Waals surface area contributed by atoms with Gasteiger partial charge in [-0.05, 0) is 56.4 Å². The molecule has 1 aromatic carbocycles. The van der Waals surface area contributed by atoms with E-state index in [0.29, 0.717) is 57.9 Å². The van der Waals surface area contributed by atoms with Crippen LogP contribution in [0.25, 0.3) is 0 Å². The lowest BCUT2D eigenvalue weighted by Crippen LogP contribution is -2.42. The molecule has 342 valence electrons. The molecule has 0 radical (unpaired) electrons. The number of carbonyl (C=O) groups is 6. The highest BCUT2D eigenvalue weighted by molar-refractivity contribution is 9.09.